The Balaban J connectivity index is 2.20. The first-order valence-corrected chi connectivity index (χ1v) is 9.92. The molecule has 0 bridgehead atoms. The predicted molar refractivity (Wildman–Crippen MR) is 117 cm³/mol. The third-order valence-corrected chi connectivity index (χ3v) is 4.97. The van der Waals surface area contributed by atoms with E-state index in [0.29, 0.717) is 18.1 Å². The number of carbonyl (C=O) groups is 2. The monoisotopic (exact) mass is 416 g/mol. The van der Waals surface area contributed by atoms with Gasteiger partial charge >= 0.3 is 6.03 Å². The van der Waals surface area contributed by atoms with Gasteiger partial charge in [-0.15, -0.1) is 0 Å². The highest BCUT2D eigenvalue weighted by Crippen LogP contribution is 2.22. The molecule has 3 amide bonds. The molecule has 2 rings (SSSR count). The Labute approximate surface area is 177 Å². The summed E-state index contributed by atoms with van der Waals surface area (Å²) in [6.45, 7) is 3.73. The van der Waals surface area contributed by atoms with Crippen molar-refractivity contribution in [1.29, 1.82) is 0 Å². The largest absolute Gasteiger partial charge is 0.352 e. The highest BCUT2D eigenvalue weighted by molar-refractivity contribution is 6.30. The Bertz CT molecular complexity index is 824. The van der Waals surface area contributed by atoms with E-state index in [-0.39, 0.29) is 12.3 Å². The highest BCUT2D eigenvalue weighted by Gasteiger charge is 2.23. The van der Waals surface area contributed by atoms with Crippen LogP contribution in [0.2, 0.25) is 5.02 Å². The highest BCUT2D eigenvalue weighted by atomic mass is 35.5. The van der Waals surface area contributed by atoms with Crippen LogP contribution in [0, 0.1) is 6.92 Å². The van der Waals surface area contributed by atoms with Crippen molar-refractivity contribution >= 4 is 23.5 Å². The van der Waals surface area contributed by atoms with E-state index in [1.807, 2.05) is 74.4 Å². The minimum Gasteiger partial charge on any atom is -0.352 e. The van der Waals surface area contributed by atoms with Gasteiger partial charge in [0.2, 0.25) is 5.91 Å². The maximum atomic E-state index is 13.2. The molecule has 0 aromatic heterocycles. The molecule has 0 saturated heterocycles. The summed E-state index contributed by atoms with van der Waals surface area (Å²) in [4.78, 5) is 28.6. The van der Waals surface area contributed by atoms with Crippen molar-refractivity contribution in [2.24, 2.45) is 5.73 Å². The lowest BCUT2D eigenvalue weighted by Crippen LogP contribution is -2.40. The molecule has 0 saturated carbocycles. The van der Waals surface area contributed by atoms with Crippen molar-refractivity contribution in [3.05, 3.63) is 70.2 Å². The summed E-state index contributed by atoms with van der Waals surface area (Å²) in [6, 6.07) is 14.0. The quantitative estimate of drug-likeness (QED) is 0.658. The predicted octanol–water partition coefficient (Wildman–Crippen LogP) is 3.34. The Morgan fingerprint density at radius 2 is 1.72 bits per heavy atom. The summed E-state index contributed by atoms with van der Waals surface area (Å²) in [5.74, 6) is -0.0520. The zero-order chi connectivity index (χ0) is 21.4. The lowest BCUT2D eigenvalue weighted by molar-refractivity contribution is -0.132. The maximum Gasteiger partial charge on any atom is 0.312 e. The van der Waals surface area contributed by atoms with Gasteiger partial charge in [-0.2, -0.15) is 0 Å². The Morgan fingerprint density at radius 3 is 2.31 bits per heavy atom. The number of nitrogens with two attached hydrogens (primary N) is 1. The summed E-state index contributed by atoms with van der Waals surface area (Å²) in [6.07, 6.45) is 0.134. The molecule has 2 aromatic carbocycles. The molecule has 0 spiro atoms. The van der Waals surface area contributed by atoms with Gasteiger partial charge in [0.25, 0.3) is 0 Å². The second-order valence-electron chi connectivity index (χ2n) is 7.37. The first kappa shape index (κ1) is 22.7. The van der Waals surface area contributed by atoms with Crippen LogP contribution in [0.3, 0.4) is 0 Å². The van der Waals surface area contributed by atoms with Gasteiger partial charge in [0.15, 0.2) is 0 Å². The van der Waals surface area contributed by atoms with Crippen LogP contribution in [-0.4, -0.2) is 48.9 Å². The Kier molecular flexibility index (Phi) is 8.49. The number of halogens is 1. The first-order valence-electron chi connectivity index (χ1n) is 9.54. The van der Waals surface area contributed by atoms with Crippen LogP contribution in [0.4, 0.5) is 4.79 Å². The number of amides is 3. The SMILES string of the molecule is Cc1ccccc1C(CC(=O)N(CCN(C)C)Cc1ccc(Cl)cc1)NC(N)=O. The number of nitrogens with one attached hydrogen (secondary N) is 1. The van der Waals surface area contributed by atoms with Crippen LogP contribution in [-0.2, 0) is 11.3 Å². The van der Waals surface area contributed by atoms with E-state index in [9.17, 15) is 9.59 Å². The van der Waals surface area contributed by atoms with Gasteiger partial charge in [0.1, 0.15) is 0 Å². The summed E-state index contributed by atoms with van der Waals surface area (Å²) < 4.78 is 0. The molecule has 0 heterocycles. The molecule has 0 aliphatic heterocycles. The van der Waals surface area contributed by atoms with E-state index >= 15 is 0 Å². The number of hydrogen-bond acceptors (Lipinski definition) is 3. The van der Waals surface area contributed by atoms with Crippen molar-refractivity contribution < 1.29 is 9.59 Å². The van der Waals surface area contributed by atoms with Crippen LogP contribution in [0.15, 0.2) is 48.5 Å². The fourth-order valence-corrected chi connectivity index (χ4v) is 3.24. The molecule has 6 nitrogen and oxygen atoms in total. The number of primary amides is 1. The minimum absolute atomic E-state index is 0.0520. The zero-order valence-corrected chi connectivity index (χ0v) is 17.9. The normalized spacial score (nSPS) is 11.9. The van der Waals surface area contributed by atoms with Gasteiger partial charge in [0.05, 0.1) is 12.5 Å². The molecule has 0 fully saturated rings. The Morgan fingerprint density at radius 1 is 1.07 bits per heavy atom. The summed E-state index contributed by atoms with van der Waals surface area (Å²) in [5, 5.41) is 3.38. The minimum atomic E-state index is -0.649. The molecule has 1 unspecified atom stereocenters. The molecule has 3 N–H and O–H groups in total. The molecular weight excluding hydrogens is 388 g/mol. The van der Waals surface area contributed by atoms with Gasteiger partial charge in [-0.05, 0) is 49.8 Å². The van der Waals surface area contributed by atoms with Gasteiger partial charge in [-0.3, -0.25) is 4.79 Å². The number of likely N-dealkylation sites (N-methyl/N-ethyl adjacent to an activating group) is 1. The van der Waals surface area contributed by atoms with Gasteiger partial charge in [-0.1, -0.05) is 48.0 Å². The molecule has 0 aliphatic rings. The van der Waals surface area contributed by atoms with Crippen LogP contribution in [0.25, 0.3) is 0 Å². The number of carbonyl (C=O) groups excluding carboxylic acids is 2. The van der Waals surface area contributed by atoms with Crippen LogP contribution < -0.4 is 11.1 Å². The molecule has 29 heavy (non-hydrogen) atoms. The second kappa shape index (κ2) is 10.8. The third kappa shape index (κ3) is 7.40. The lowest BCUT2D eigenvalue weighted by Gasteiger charge is -2.27. The van der Waals surface area contributed by atoms with Gasteiger partial charge in [-0.25, -0.2) is 4.79 Å². The van der Waals surface area contributed by atoms with Crippen molar-refractivity contribution in [2.75, 3.05) is 27.2 Å². The van der Waals surface area contributed by atoms with E-state index in [1.54, 1.807) is 4.90 Å². The molecule has 0 radical (unpaired) electrons. The summed E-state index contributed by atoms with van der Waals surface area (Å²) in [5.41, 5.74) is 8.26. The number of urea groups is 1. The second-order valence-corrected chi connectivity index (χ2v) is 7.80. The standard InChI is InChI=1S/C22H29ClN4O2/c1-16-6-4-5-7-19(16)20(25-22(24)29)14-21(28)27(13-12-26(2)3)15-17-8-10-18(23)11-9-17/h4-11,20H,12-15H2,1-3H3,(H3,24,25,29). The maximum absolute atomic E-state index is 13.2. The topological polar surface area (TPSA) is 78.7 Å². The number of benzene rings is 2. The molecular formula is C22H29ClN4O2. The van der Waals surface area contributed by atoms with Crippen LogP contribution >= 0.6 is 11.6 Å². The van der Waals surface area contributed by atoms with Gasteiger partial charge < -0.3 is 20.9 Å². The molecule has 1 atom stereocenters. The summed E-state index contributed by atoms with van der Waals surface area (Å²) >= 11 is 5.97. The fraction of sp³-hybridized carbons (Fsp3) is 0.364. The zero-order valence-electron chi connectivity index (χ0n) is 17.2. The van der Waals surface area contributed by atoms with E-state index in [1.165, 1.54) is 0 Å². The number of nitrogens with zero attached hydrogens (tertiary/aromatic N) is 2. The van der Waals surface area contributed by atoms with Crippen molar-refractivity contribution in [1.82, 2.24) is 15.1 Å². The van der Waals surface area contributed by atoms with Crippen LogP contribution in [0.1, 0.15) is 29.2 Å². The van der Waals surface area contributed by atoms with Crippen molar-refractivity contribution in [3.63, 3.8) is 0 Å². The average Bonchev–Trinajstić information content (AvgIpc) is 2.66. The first-order chi connectivity index (χ1) is 13.8. The third-order valence-electron chi connectivity index (χ3n) is 4.72. The van der Waals surface area contributed by atoms with Crippen molar-refractivity contribution in [2.45, 2.75) is 25.9 Å². The number of rotatable bonds is 9. The molecule has 7 heteroatoms. The fourth-order valence-electron chi connectivity index (χ4n) is 3.11. The summed E-state index contributed by atoms with van der Waals surface area (Å²) in [7, 11) is 3.94. The van der Waals surface area contributed by atoms with E-state index in [0.717, 1.165) is 23.2 Å². The molecule has 0 aliphatic carbocycles. The average molecular weight is 417 g/mol. The van der Waals surface area contributed by atoms with Gasteiger partial charge in [0, 0.05) is 24.7 Å². The lowest BCUT2D eigenvalue weighted by atomic mass is 9.98. The molecule has 156 valence electrons. The number of aryl methyl sites for hydroxylation is 1. The molecule has 2 aromatic rings. The van der Waals surface area contributed by atoms with E-state index < -0.39 is 12.1 Å². The Hall–Kier alpha value is -2.57. The van der Waals surface area contributed by atoms with E-state index in [4.69, 9.17) is 17.3 Å². The smallest absolute Gasteiger partial charge is 0.312 e. The van der Waals surface area contributed by atoms with Crippen molar-refractivity contribution in [3.8, 4) is 0 Å². The van der Waals surface area contributed by atoms with E-state index in [2.05, 4.69) is 5.32 Å². The number of hydrogen-bond donors (Lipinski definition) is 2. The van der Waals surface area contributed by atoms with Crippen LogP contribution in [0.5, 0.6) is 0 Å².